The highest BCUT2D eigenvalue weighted by molar-refractivity contribution is 6.31. The van der Waals surface area contributed by atoms with E-state index in [-0.39, 0.29) is 6.61 Å². The van der Waals surface area contributed by atoms with Crippen molar-refractivity contribution in [3.05, 3.63) is 58.9 Å². The lowest BCUT2D eigenvalue weighted by atomic mass is 10.2. The molecule has 0 radical (unpaired) electrons. The zero-order valence-electron chi connectivity index (χ0n) is 10.7. The first-order chi connectivity index (χ1) is 9.56. The number of rotatable bonds is 4. The third-order valence-electron chi connectivity index (χ3n) is 2.53. The molecule has 104 valence electrons. The molecule has 0 aliphatic carbocycles. The molecule has 0 atom stereocenters. The second-order valence-corrected chi connectivity index (χ2v) is 4.46. The number of benzene rings is 2. The van der Waals surface area contributed by atoms with Gasteiger partial charge in [0.2, 0.25) is 0 Å². The Balaban J connectivity index is 2.02. The fourth-order valence-corrected chi connectivity index (χ4v) is 1.81. The number of hydrogen-bond donors (Lipinski definition) is 0. The third kappa shape index (κ3) is 3.71. The van der Waals surface area contributed by atoms with Crippen molar-refractivity contribution >= 4 is 17.6 Å². The lowest BCUT2D eigenvalue weighted by Gasteiger charge is -2.09. The highest BCUT2D eigenvalue weighted by atomic mass is 35.5. The third-order valence-corrected chi connectivity index (χ3v) is 2.88. The average Bonchev–Trinajstić information content (AvgIpc) is 2.39. The van der Waals surface area contributed by atoms with Crippen molar-refractivity contribution in [2.45, 2.75) is 13.5 Å². The number of carbonyl (C=O) groups is 1. The highest BCUT2D eigenvalue weighted by Gasteiger charge is 2.07. The Kier molecular flexibility index (Phi) is 4.58. The van der Waals surface area contributed by atoms with Crippen LogP contribution in [0.15, 0.2) is 42.5 Å². The summed E-state index contributed by atoms with van der Waals surface area (Å²) < 4.78 is 23.9. The zero-order chi connectivity index (χ0) is 14.5. The molecule has 2 rings (SSSR count). The Hall–Kier alpha value is -2.07. The predicted molar refractivity (Wildman–Crippen MR) is 73.5 cm³/mol. The van der Waals surface area contributed by atoms with E-state index in [1.54, 1.807) is 30.3 Å². The van der Waals surface area contributed by atoms with Crippen molar-refractivity contribution in [1.82, 2.24) is 0 Å². The second kappa shape index (κ2) is 6.39. The van der Waals surface area contributed by atoms with Crippen LogP contribution < -0.4 is 9.47 Å². The van der Waals surface area contributed by atoms with Crippen molar-refractivity contribution in [1.29, 1.82) is 0 Å². The summed E-state index contributed by atoms with van der Waals surface area (Å²) in [5.74, 6) is 0.153. The van der Waals surface area contributed by atoms with Gasteiger partial charge < -0.3 is 9.47 Å². The quantitative estimate of drug-likeness (QED) is 0.632. The van der Waals surface area contributed by atoms with Crippen LogP contribution in [0.3, 0.4) is 0 Å². The SMILES string of the molecule is CC(=O)Oc1ccc(OCc2c(F)cccc2Cl)cc1. The Morgan fingerprint density at radius 2 is 1.80 bits per heavy atom. The molecule has 2 aromatic rings. The summed E-state index contributed by atoms with van der Waals surface area (Å²) in [7, 11) is 0. The van der Waals surface area contributed by atoms with E-state index in [9.17, 15) is 9.18 Å². The maximum Gasteiger partial charge on any atom is 0.308 e. The highest BCUT2D eigenvalue weighted by Crippen LogP contribution is 2.23. The minimum atomic E-state index is -0.408. The number of halogens is 2. The summed E-state index contributed by atoms with van der Waals surface area (Å²) in [5, 5.41) is 0.321. The zero-order valence-corrected chi connectivity index (χ0v) is 11.5. The number of hydrogen-bond acceptors (Lipinski definition) is 3. The average molecular weight is 295 g/mol. The van der Waals surface area contributed by atoms with Crippen LogP contribution in [0.1, 0.15) is 12.5 Å². The first-order valence-electron chi connectivity index (χ1n) is 5.90. The Labute approximate surface area is 120 Å². The topological polar surface area (TPSA) is 35.5 Å². The fraction of sp³-hybridized carbons (Fsp3) is 0.133. The second-order valence-electron chi connectivity index (χ2n) is 4.05. The first-order valence-corrected chi connectivity index (χ1v) is 6.28. The molecule has 3 nitrogen and oxygen atoms in total. The number of carbonyl (C=O) groups excluding carboxylic acids is 1. The Bertz CT molecular complexity index is 591. The van der Waals surface area contributed by atoms with Gasteiger partial charge in [-0.15, -0.1) is 0 Å². The maximum atomic E-state index is 13.5. The summed E-state index contributed by atoms with van der Waals surface area (Å²) in [6.07, 6.45) is 0. The molecule has 0 saturated carbocycles. The van der Waals surface area contributed by atoms with Gasteiger partial charge in [0, 0.05) is 12.5 Å². The van der Waals surface area contributed by atoms with Gasteiger partial charge in [-0.1, -0.05) is 17.7 Å². The predicted octanol–water partition coefficient (Wildman–Crippen LogP) is 3.98. The van der Waals surface area contributed by atoms with Crippen molar-refractivity contribution in [3.8, 4) is 11.5 Å². The molecule has 0 aliphatic rings. The summed E-state index contributed by atoms with van der Waals surface area (Å²) in [6.45, 7) is 1.35. The molecule has 0 aromatic heterocycles. The van der Waals surface area contributed by atoms with Gasteiger partial charge >= 0.3 is 5.97 Å². The Morgan fingerprint density at radius 3 is 2.40 bits per heavy atom. The molecule has 20 heavy (non-hydrogen) atoms. The van der Waals surface area contributed by atoms with Gasteiger partial charge in [-0.05, 0) is 36.4 Å². The molecule has 0 saturated heterocycles. The van der Waals surface area contributed by atoms with Crippen molar-refractivity contribution in [2.24, 2.45) is 0 Å². The number of esters is 1. The van der Waals surface area contributed by atoms with E-state index in [1.807, 2.05) is 0 Å². The van der Waals surface area contributed by atoms with E-state index in [4.69, 9.17) is 21.1 Å². The van der Waals surface area contributed by atoms with Crippen LogP contribution in [0.2, 0.25) is 5.02 Å². The molecule has 0 bridgehead atoms. The van der Waals surface area contributed by atoms with Crippen molar-refractivity contribution in [2.75, 3.05) is 0 Å². The van der Waals surface area contributed by atoms with E-state index < -0.39 is 11.8 Å². The van der Waals surface area contributed by atoms with Gasteiger partial charge in [0.05, 0.1) is 5.02 Å². The largest absolute Gasteiger partial charge is 0.489 e. The van der Waals surface area contributed by atoms with Crippen LogP contribution in [-0.2, 0) is 11.4 Å². The molecule has 0 N–H and O–H groups in total. The maximum absolute atomic E-state index is 13.5. The number of ether oxygens (including phenoxy) is 2. The monoisotopic (exact) mass is 294 g/mol. The Morgan fingerprint density at radius 1 is 1.15 bits per heavy atom. The molecule has 0 aliphatic heterocycles. The minimum absolute atomic E-state index is 0.0262. The van der Waals surface area contributed by atoms with E-state index in [1.165, 1.54) is 19.1 Å². The summed E-state index contributed by atoms with van der Waals surface area (Å²) in [5.41, 5.74) is 0.304. The molecule has 0 spiro atoms. The van der Waals surface area contributed by atoms with Crippen LogP contribution in [0.25, 0.3) is 0 Å². The van der Waals surface area contributed by atoms with Crippen LogP contribution in [0.4, 0.5) is 4.39 Å². The summed E-state index contributed by atoms with van der Waals surface area (Å²) in [6, 6.07) is 10.9. The molecular formula is C15H12ClFO3. The smallest absolute Gasteiger partial charge is 0.308 e. The van der Waals surface area contributed by atoms with Gasteiger partial charge in [0.15, 0.2) is 0 Å². The van der Waals surface area contributed by atoms with Crippen molar-refractivity contribution in [3.63, 3.8) is 0 Å². The molecule has 5 heteroatoms. The standard InChI is InChI=1S/C15H12ClFO3/c1-10(18)20-12-7-5-11(6-8-12)19-9-13-14(16)3-2-4-15(13)17/h2-8H,9H2,1H3. The van der Waals surface area contributed by atoms with E-state index >= 15 is 0 Å². The van der Waals surface area contributed by atoms with E-state index in [2.05, 4.69) is 0 Å². The molecule has 0 fully saturated rings. The van der Waals surface area contributed by atoms with E-state index in [0.29, 0.717) is 22.1 Å². The van der Waals surface area contributed by atoms with Gasteiger partial charge in [-0.2, -0.15) is 0 Å². The normalized spacial score (nSPS) is 10.2. The molecular weight excluding hydrogens is 283 g/mol. The van der Waals surface area contributed by atoms with Crippen LogP contribution >= 0.6 is 11.6 Å². The minimum Gasteiger partial charge on any atom is -0.489 e. The first kappa shape index (κ1) is 14.3. The van der Waals surface area contributed by atoms with Crippen molar-refractivity contribution < 1.29 is 18.7 Å². The lowest BCUT2D eigenvalue weighted by molar-refractivity contribution is -0.131. The van der Waals surface area contributed by atoms with Crippen LogP contribution in [0, 0.1) is 5.82 Å². The molecule has 0 unspecified atom stereocenters. The van der Waals surface area contributed by atoms with E-state index in [0.717, 1.165) is 0 Å². The van der Waals surface area contributed by atoms with Crippen LogP contribution in [0.5, 0.6) is 11.5 Å². The van der Waals surface area contributed by atoms with Gasteiger partial charge in [-0.25, -0.2) is 4.39 Å². The fourth-order valence-electron chi connectivity index (χ4n) is 1.60. The summed E-state index contributed by atoms with van der Waals surface area (Å²) in [4.78, 5) is 10.8. The lowest BCUT2D eigenvalue weighted by Crippen LogP contribution is -2.02. The van der Waals surface area contributed by atoms with Gasteiger partial charge in [0.1, 0.15) is 23.9 Å². The molecule has 0 amide bonds. The summed E-state index contributed by atoms with van der Waals surface area (Å²) >= 11 is 5.90. The van der Waals surface area contributed by atoms with Gasteiger partial charge in [0.25, 0.3) is 0 Å². The van der Waals surface area contributed by atoms with Gasteiger partial charge in [-0.3, -0.25) is 4.79 Å². The molecule has 0 heterocycles. The molecule has 2 aromatic carbocycles. The van der Waals surface area contributed by atoms with Crippen LogP contribution in [-0.4, -0.2) is 5.97 Å².